The molecule has 242 valence electrons. The third kappa shape index (κ3) is 8.62. The number of para-hydroxylation sites is 1. The van der Waals surface area contributed by atoms with Gasteiger partial charge in [0.25, 0.3) is 10.0 Å². The average molecular weight is 701 g/mol. The van der Waals surface area contributed by atoms with Crippen LogP contribution < -0.4 is 9.62 Å². The van der Waals surface area contributed by atoms with Gasteiger partial charge in [0.2, 0.25) is 11.8 Å². The van der Waals surface area contributed by atoms with E-state index in [2.05, 4.69) is 5.32 Å². The van der Waals surface area contributed by atoms with Crippen LogP contribution in [0.15, 0.2) is 102 Å². The van der Waals surface area contributed by atoms with E-state index in [1.165, 1.54) is 23.1 Å². The standard InChI is InChI=1S/C35H36Cl3N3O4S/c1-4-25(3)39-35(43)33(21-26-11-6-5-7-12-26)40(22-28-29(36)14-10-15-30(28)37)34(42)23-41(32-16-9-8-13-31(32)38)46(44,45)27-19-17-24(2)18-20-27/h5-20,25,33H,4,21-23H2,1-3H3,(H,39,43)/t25-,33+/m1/s1. The molecule has 4 aromatic carbocycles. The summed E-state index contributed by atoms with van der Waals surface area (Å²) in [5, 5.41) is 3.76. The van der Waals surface area contributed by atoms with Crippen molar-refractivity contribution in [3.8, 4) is 0 Å². The molecule has 1 N–H and O–H groups in total. The molecule has 0 aromatic heterocycles. The molecule has 0 unspecified atom stereocenters. The molecule has 0 aliphatic heterocycles. The zero-order valence-electron chi connectivity index (χ0n) is 25.8. The largest absolute Gasteiger partial charge is 0.352 e. The van der Waals surface area contributed by atoms with E-state index in [9.17, 15) is 18.0 Å². The molecule has 0 bridgehead atoms. The van der Waals surface area contributed by atoms with Crippen molar-refractivity contribution in [3.05, 3.63) is 129 Å². The Hall–Kier alpha value is -3.56. The second-order valence-electron chi connectivity index (χ2n) is 11.0. The van der Waals surface area contributed by atoms with E-state index in [4.69, 9.17) is 34.8 Å². The molecule has 2 atom stereocenters. The van der Waals surface area contributed by atoms with E-state index in [1.54, 1.807) is 48.5 Å². The Morgan fingerprint density at radius 3 is 2.00 bits per heavy atom. The highest BCUT2D eigenvalue weighted by Gasteiger charge is 2.36. The van der Waals surface area contributed by atoms with Crippen LogP contribution in [0.3, 0.4) is 0 Å². The summed E-state index contributed by atoms with van der Waals surface area (Å²) < 4.78 is 29.3. The summed E-state index contributed by atoms with van der Waals surface area (Å²) in [6.45, 7) is 4.87. The summed E-state index contributed by atoms with van der Waals surface area (Å²) in [5.41, 5.74) is 2.24. The van der Waals surface area contributed by atoms with Crippen LogP contribution in [0.2, 0.25) is 15.1 Å². The van der Waals surface area contributed by atoms with Gasteiger partial charge in [-0.2, -0.15) is 0 Å². The molecule has 0 radical (unpaired) electrons. The number of aryl methyl sites for hydroxylation is 1. The monoisotopic (exact) mass is 699 g/mol. The number of amides is 2. The average Bonchev–Trinajstić information content (AvgIpc) is 3.03. The molecule has 0 spiro atoms. The maximum Gasteiger partial charge on any atom is 0.264 e. The fourth-order valence-corrected chi connectivity index (χ4v) is 7.09. The van der Waals surface area contributed by atoms with E-state index >= 15 is 0 Å². The van der Waals surface area contributed by atoms with E-state index in [1.807, 2.05) is 51.1 Å². The molecule has 0 saturated heterocycles. The summed E-state index contributed by atoms with van der Waals surface area (Å²) in [4.78, 5) is 29.9. The van der Waals surface area contributed by atoms with Crippen molar-refractivity contribution in [2.24, 2.45) is 0 Å². The van der Waals surface area contributed by atoms with Gasteiger partial charge in [-0.1, -0.05) is 108 Å². The Kier molecular flexibility index (Phi) is 12.1. The number of anilines is 1. The summed E-state index contributed by atoms with van der Waals surface area (Å²) in [6.07, 6.45) is 0.830. The zero-order valence-corrected chi connectivity index (χ0v) is 28.9. The molecule has 4 aromatic rings. The van der Waals surface area contributed by atoms with E-state index < -0.39 is 28.5 Å². The number of hydrogen-bond donors (Lipinski definition) is 1. The second kappa shape index (κ2) is 15.8. The zero-order chi connectivity index (χ0) is 33.4. The maximum absolute atomic E-state index is 14.6. The van der Waals surface area contributed by atoms with Crippen LogP contribution in [0.5, 0.6) is 0 Å². The quantitative estimate of drug-likeness (QED) is 0.155. The van der Waals surface area contributed by atoms with Crippen molar-refractivity contribution in [1.82, 2.24) is 10.2 Å². The molecule has 0 fully saturated rings. The molecule has 4 rings (SSSR count). The number of carbonyl (C=O) groups is 2. The summed E-state index contributed by atoms with van der Waals surface area (Å²) in [6, 6.07) is 25.8. The predicted molar refractivity (Wildman–Crippen MR) is 186 cm³/mol. The number of halogens is 3. The van der Waals surface area contributed by atoms with Gasteiger partial charge in [0, 0.05) is 34.6 Å². The van der Waals surface area contributed by atoms with Crippen LogP contribution in [0, 0.1) is 6.92 Å². The molecular formula is C35H36Cl3N3O4S. The van der Waals surface area contributed by atoms with Crippen molar-refractivity contribution < 1.29 is 18.0 Å². The minimum Gasteiger partial charge on any atom is -0.352 e. The molecule has 0 heterocycles. The molecule has 46 heavy (non-hydrogen) atoms. The Morgan fingerprint density at radius 2 is 1.39 bits per heavy atom. The normalized spacial score (nSPS) is 12.7. The lowest BCUT2D eigenvalue weighted by Crippen LogP contribution is -2.54. The van der Waals surface area contributed by atoms with Gasteiger partial charge in [0.1, 0.15) is 12.6 Å². The first-order valence-electron chi connectivity index (χ1n) is 14.8. The fourth-order valence-electron chi connectivity index (χ4n) is 4.85. The first-order valence-corrected chi connectivity index (χ1v) is 17.4. The van der Waals surface area contributed by atoms with Crippen LogP contribution >= 0.6 is 34.8 Å². The van der Waals surface area contributed by atoms with E-state index in [-0.39, 0.29) is 40.5 Å². The first kappa shape index (κ1) is 35.3. The van der Waals surface area contributed by atoms with Crippen molar-refractivity contribution in [2.45, 2.75) is 57.1 Å². The van der Waals surface area contributed by atoms with Gasteiger partial charge < -0.3 is 10.2 Å². The lowest BCUT2D eigenvalue weighted by atomic mass is 10.0. The van der Waals surface area contributed by atoms with E-state index in [0.29, 0.717) is 22.0 Å². The number of rotatable bonds is 13. The first-order chi connectivity index (χ1) is 21.9. The molecule has 2 amide bonds. The molecular weight excluding hydrogens is 665 g/mol. The number of nitrogens with one attached hydrogen (secondary N) is 1. The second-order valence-corrected chi connectivity index (χ2v) is 14.1. The predicted octanol–water partition coefficient (Wildman–Crippen LogP) is 7.71. The van der Waals surface area contributed by atoms with Gasteiger partial charge in [0.15, 0.2) is 0 Å². The van der Waals surface area contributed by atoms with Gasteiger partial charge in [-0.25, -0.2) is 8.42 Å². The lowest BCUT2D eigenvalue weighted by molar-refractivity contribution is -0.140. The highest BCUT2D eigenvalue weighted by molar-refractivity contribution is 7.92. The van der Waals surface area contributed by atoms with Crippen molar-refractivity contribution in [2.75, 3.05) is 10.8 Å². The topological polar surface area (TPSA) is 86.8 Å². The van der Waals surface area contributed by atoms with Crippen molar-refractivity contribution in [3.63, 3.8) is 0 Å². The molecule has 0 aliphatic rings. The smallest absolute Gasteiger partial charge is 0.264 e. The van der Waals surface area contributed by atoms with Crippen molar-refractivity contribution >= 4 is 62.3 Å². The fraction of sp³-hybridized carbons (Fsp3) is 0.257. The van der Waals surface area contributed by atoms with Gasteiger partial charge in [-0.3, -0.25) is 13.9 Å². The van der Waals surface area contributed by atoms with Crippen LogP contribution in [0.4, 0.5) is 5.69 Å². The SMILES string of the molecule is CC[C@@H](C)NC(=O)[C@H](Cc1ccccc1)N(Cc1c(Cl)cccc1Cl)C(=O)CN(c1ccccc1Cl)S(=O)(=O)c1ccc(C)cc1. The number of hydrogen-bond acceptors (Lipinski definition) is 4. The summed E-state index contributed by atoms with van der Waals surface area (Å²) in [7, 11) is -4.29. The Labute approximate surface area is 286 Å². The van der Waals surface area contributed by atoms with Crippen LogP contribution in [0.1, 0.15) is 37.0 Å². The minimum atomic E-state index is -4.29. The number of sulfonamides is 1. The van der Waals surface area contributed by atoms with Crippen LogP contribution in [-0.2, 0) is 32.6 Å². The van der Waals surface area contributed by atoms with E-state index in [0.717, 1.165) is 15.4 Å². The highest BCUT2D eigenvalue weighted by Crippen LogP contribution is 2.32. The Balaban J connectivity index is 1.85. The minimum absolute atomic E-state index is 0.0122. The van der Waals surface area contributed by atoms with Crippen LogP contribution in [-0.4, -0.2) is 43.8 Å². The molecule has 7 nitrogen and oxygen atoms in total. The summed E-state index contributed by atoms with van der Waals surface area (Å²) in [5.74, 6) is -1.03. The van der Waals surface area contributed by atoms with Gasteiger partial charge in [0.05, 0.1) is 15.6 Å². The van der Waals surface area contributed by atoms with Gasteiger partial charge in [-0.15, -0.1) is 0 Å². The number of benzene rings is 4. The lowest BCUT2D eigenvalue weighted by Gasteiger charge is -2.34. The Morgan fingerprint density at radius 1 is 0.804 bits per heavy atom. The van der Waals surface area contributed by atoms with Gasteiger partial charge in [-0.05, 0) is 62.2 Å². The third-order valence-corrected chi connectivity index (χ3v) is 10.5. The van der Waals surface area contributed by atoms with Crippen LogP contribution in [0.25, 0.3) is 0 Å². The van der Waals surface area contributed by atoms with Gasteiger partial charge >= 0.3 is 0 Å². The summed E-state index contributed by atoms with van der Waals surface area (Å²) >= 11 is 19.7. The van der Waals surface area contributed by atoms with Crippen molar-refractivity contribution in [1.29, 1.82) is 0 Å². The molecule has 0 saturated carbocycles. The molecule has 11 heteroatoms. The third-order valence-electron chi connectivity index (χ3n) is 7.67. The maximum atomic E-state index is 14.6. The number of carbonyl (C=O) groups excluding carboxylic acids is 2. The molecule has 0 aliphatic carbocycles. The highest BCUT2D eigenvalue weighted by atomic mass is 35.5. The number of nitrogens with zero attached hydrogens (tertiary/aromatic N) is 2. The Bertz CT molecular complexity index is 1750.